The summed E-state index contributed by atoms with van der Waals surface area (Å²) in [6, 6.07) is 6.20. The summed E-state index contributed by atoms with van der Waals surface area (Å²) in [7, 11) is 0. The lowest BCUT2D eigenvalue weighted by Crippen LogP contribution is -2.34. The molecule has 4 heteroatoms. The van der Waals surface area contributed by atoms with Crippen LogP contribution < -0.4 is 0 Å². The zero-order valence-electron chi connectivity index (χ0n) is 11.0. The molecule has 0 spiro atoms. The molecule has 18 heavy (non-hydrogen) atoms. The number of aromatic nitrogens is 1. The molecule has 0 aromatic carbocycles. The summed E-state index contributed by atoms with van der Waals surface area (Å²) in [5.74, 6) is 0.177. The first-order valence-electron chi connectivity index (χ1n) is 6.13. The van der Waals surface area contributed by atoms with Gasteiger partial charge in [0.05, 0.1) is 6.07 Å². The van der Waals surface area contributed by atoms with Crippen molar-refractivity contribution >= 4 is 5.78 Å². The van der Waals surface area contributed by atoms with E-state index in [0.29, 0.717) is 19.4 Å². The lowest BCUT2D eigenvalue weighted by atomic mass is 10.1. The maximum atomic E-state index is 11.2. The van der Waals surface area contributed by atoms with E-state index in [9.17, 15) is 4.79 Å². The Morgan fingerprint density at radius 3 is 2.94 bits per heavy atom. The number of nitriles is 1. The molecule has 4 nitrogen and oxygen atoms in total. The minimum Gasteiger partial charge on any atom is -0.300 e. The summed E-state index contributed by atoms with van der Waals surface area (Å²) < 4.78 is 0. The van der Waals surface area contributed by atoms with Gasteiger partial charge in [-0.05, 0) is 25.5 Å². The van der Waals surface area contributed by atoms with Crippen molar-refractivity contribution in [2.45, 2.75) is 39.3 Å². The van der Waals surface area contributed by atoms with Gasteiger partial charge in [0.1, 0.15) is 5.78 Å². The van der Waals surface area contributed by atoms with Crippen molar-refractivity contribution < 1.29 is 4.79 Å². The molecular weight excluding hydrogens is 226 g/mol. The number of carbonyl (C=O) groups excluding carboxylic acids is 1. The SMILES string of the molecule is CC(=O)CC(C)N(CCC#N)Cc1cccnc1. The van der Waals surface area contributed by atoms with E-state index >= 15 is 0 Å². The van der Waals surface area contributed by atoms with Crippen molar-refractivity contribution in [3.05, 3.63) is 30.1 Å². The molecule has 1 rings (SSSR count). The van der Waals surface area contributed by atoms with E-state index in [2.05, 4.69) is 16.0 Å². The van der Waals surface area contributed by atoms with Crippen LogP contribution in [-0.4, -0.2) is 28.3 Å². The third kappa shape index (κ3) is 5.07. The molecule has 0 radical (unpaired) electrons. The van der Waals surface area contributed by atoms with Gasteiger partial charge in [0.2, 0.25) is 0 Å². The summed E-state index contributed by atoms with van der Waals surface area (Å²) in [6.45, 7) is 5.03. The van der Waals surface area contributed by atoms with Gasteiger partial charge in [-0.1, -0.05) is 6.07 Å². The lowest BCUT2D eigenvalue weighted by Gasteiger charge is -2.27. The zero-order chi connectivity index (χ0) is 13.4. The molecule has 0 fully saturated rings. The second kappa shape index (κ2) is 7.57. The van der Waals surface area contributed by atoms with Crippen molar-refractivity contribution in [3.63, 3.8) is 0 Å². The van der Waals surface area contributed by atoms with Crippen molar-refractivity contribution in [1.82, 2.24) is 9.88 Å². The maximum Gasteiger partial charge on any atom is 0.131 e. The van der Waals surface area contributed by atoms with Gasteiger partial charge in [0.15, 0.2) is 0 Å². The molecule has 96 valence electrons. The van der Waals surface area contributed by atoms with Crippen LogP contribution in [0.4, 0.5) is 0 Å². The molecule has 1 aromatic heterocycles. The van der Waals surface area contributed by atoms with Crippen LogP contribution in [-0.2, 0) is 11.3 Å². The molecule has 0 saturated heterocycles. The highest BCUT2D eigenvalue weighted by Gasteiger charge is 2.15. The Kier molecular flexibility index (Phi) is 6.03. The molecule has 1 aromatic rings. The third-order valence-electron chi connectivity index (χ3n) is 2.83. The molecular formula is C14H19N3O. The van der Waals surface area contributed by atoms with Crippen LogP contribution in [0.3, 0.4) is 0 Å². The van der Waals surface area contributed by atoms with E-state index < -0.39 is 0 Å². The van der Waals surface area contributed by atoms with Gasteiger partial charge in [-0.15, -0.1) is 0 Å². The predicted octanol–water partition coefficient (Wildman–Crippen LogP) is 2.16. The van der Waals surface area contributed by atoms with E-state index in [1.165, 1.54) is 0 Å². The largest absolute Gasteiger partial charge is 0.300 e. The van der Waals surface area contributed by atoms with E-state index in [1.54, 1.807) is 13.1 Å². The molecule has 0 N–H and O–H groups in total. The van der Waals surface area contributed by atoms with Crippen LogP contribution >= 0.6 is 0 Å². The van der Waals surface area contributed by atoms with E-state index in [0.717, 1.165) is 12.1 Å². The Morgan fingerprint density at radius 2 is 2.39 bits per heavy atom. The number of nitrogens with zero attached hydrogens (tertiary/aromatic N) is 3. The second-order valence-corrected chi connectivity index (χ2v) is 4.50. The standard InChI is InChI=1S/C14H19N3O/c1-12(9-13(2)18)17(8-4-6-15)11-14-5-3-7-16-10-14/h3,5,7,10,12H,4,8-9,11H2,1-2H3. The average Bonchev–Trinajstić information content (AvgIpc) is 2.34. The molecule has 0 saturated carbocycles. The minimum absolute atomic E-state index is 0.149. The zero-order valence-corrected chi connectivity index (χ0v) is 11.0. The Hall–Kier alpha value is -1.73. The minimum atomic E-state index is 0.149. The Labute approximate surface area is 108 Å². The number of rotatable bonds is 7. The smallest absolute Gasteiger partial charge is 0.131 e. The first-order chi connectivity index (χ1) is 8.63. The molecule has 0 aliphatic heterocycles. The quantitative estimate of drug-likeness (QED) is 0.738. The number of pyridine rings is 1. The van der Waals surface area contributed by atoms with Crippen molar-refractivity contribution in [1.29, 1.82) is 5.26 Å². The van der Waals surface area contributed by atoms with Gasteiger partial charge in [-0.25, -0.2) is 0 Å². The molecule has 1 heterocycles. The van der Waals surface area contributed by atoms with Crippen LogP contribution in [0.5, 0.6) is 0 Å². The topological polar surface area (TPSA) is 57.0 Å². The fourth-order valence-electron chi connectivity index (χ4n) is 1.92. The highest BCUT2D eigenvalue weighted by molar-refractivity contribution is 5.76. The first kappa shape index (κ1) is 14.3. The summed E-state index contributed by atoms with van der Waals surface area (Å²) >= 11 is 0. The summed E-state index contributed by atoms with van der Waals surface area (Å²) in [6.07, 6.45) is 4.55. The Bertz CT molecular complexity index is 411. The van der Waals surface area contributed by atoms with E-state index in [4.69, 9.17) is 5.26 Å². The van der Waals surface area contributed by atoms with Crippen LogP contribution in [0.15, 0.2) is 24.5 Å². The summed E-state index contributed by atoms with van der Waals surface area (Å²) in [5, 5.41) is 8.69. The van der Waals surface area contributed by atoms with Gasteiger partial charge in [0, 0.05) is 44.4 Å². The fraction of sp³-hybridized carbons (Fsp3) is 0.500. The van der Waals surface area contributed by atoms with Crippen molar-refractivity contribution in [2.75, 3.05) is 6.54 Å². The van der Waals surface area contributed by atoms with Gasteiger partial charge in [-0.3, -0.25) is 14.7 Å². The molecule has 1 unspecified atom stereocenters. The van der Waals surface area contributed by atoms with Gasteiger partial charge in [0.25, 0.3) is 0 Å². The Morgan fingerprint density at radius 1 is 1.61 bits per heavy atom. The fourth-order valence-corrected chi connectivity index (χ4v) is 1.92. The first-order valence-corrected chi connectivity index (χ1v) is 6.13. The van der Waals surface area contributed by atoms with Gasteiger partial charge < -0.3 is 0 Å². The number of ketones is 1. The van der Waals surface area contributed by atoms with E-state index in [1.807, 2.05) is 25.3 Å². The summed E-state index contributed by atoms with van der Waals surface area (Å²) in [5.41, 5.74) is 1.10. The van der Waals surface area contributed by atoms with Crippen molar-refractivity contribution in [2.24, 2.45) is 0 Å². The predicted molar refractivity (Wildman–Crippen MR) is 69.6 cm³/mol. The average molecular weight is 245 g/mol. The van der Waals surface area contributed by atoms with Crippen LogP contribution in [0.2, 0.25) is 0 Å². The number of hydrogen-bond acceptors (Lipinski definition) is 4. The van der Waals surface area contributed by atoms with Crippen molar-refractivity contribution in [3.8, 4) is 6.07 Å². The van der Waals surface area contributed by atoms with Crippen LogP contribution in [0.1, 0.15) is 32.3 Å². The number of Topliss-reactive ketones (excluding diaryl/α,β-unsaturated/α-hetero) is 1. The van der Waals surface area contributed by atoms with E-state index in [-0.39, 0.29) is 11.8 Å². The number of carbonyl (C=O) groups is 1. The highest BCUT2D eigenvalue weighted by Crippen LogP contribution is 2.11. The normalized spacial score (nSPS) is 12.1. The molecule has 0 aliphatic carbocycles. The summed E-state index contributed by atoms with van der Waals surface area (Å²) in [4.78, 5) is 17.4. The maximum absolute atomic E-state index is 11.2. The third-order valence-corrected chi connectivity index (χ3v) is 2.83. The highest BCUT2D eigenvalue weighted by atomic mass is 16.1. The molecule has 0 bridgehead atoms. The molecule has 0 aliphatic rings. The monoisotopic (exact) mass is 245 g/mol. The number of hydrogen-bond donors (Lipinski definition) is 0. The Balaban J connectivity index is 2.66. The second-order valence-electron chi connectivity index (χ2n) is 4.50. The van der Waals surface area contributed by atoms with Crippen LogP contribution in [0, 0.1) is 11.3 Å². The molecule has 1 atom stereocenters. The van der Waals surface area contributed by atoms with Gasteiger partial charge >= 0.3 is 0 Å². The van der Waals surface area contributed by atoms with Crippen LogP contribution in [0.25, 0.3) is 0 Å². The lowest BCUT2D eigenvalue weighted by molar-refractivity contribution is -0.118. The molecule has 0 amide bonds. The van der Waals surface area contributed by atoms with Gasteiger partial charge in [-0.2, -0.15) is 5.26 Å².